The Morgan fingerprint density at radius 2 is 1.43 bits per heavy atom. The molecule has 0 spiro atoms. The lowest BCUT2D eigenvalue weighted by atomic mass is 10.3. The first-order valence-corrected chi connectivity index (χ1v) is 7.22. The fourth-order valence-corrected chi connectivity index (χ4v) is 3.96. The molecule has 0 fully saturated rings. The minimum absolute atomic E-state index is 0.541. The van der Waals surface area contributed by atoms with Gasteiger partial charge in [0.1, 0.15) is 10.1 Å². The maximum atomic E-state index is 4.69. The Morgan fingerprint density at radius 3 is 1.71 bits per heavy atom. The highest BCUT2D eigenvalue weighted by Crippen LogP contribution is 2.29. The minimum Gasteiger partial charge on any atom is -0.271 e. The molecule has 78 valence electrons. The lowest BCUT2D eigenvalue weighted by Gasteiger charge is -1.97. The zero-order valence-corrected chi connectivity index (χ0v) is 10.3. The van der Waals surface area contributed by atoms with Gasteiger partial charge >= 0.3 is 0 Å². The van der Waals surface area contributed by atoms with E-state index >= 15 is 0 Å². The quantitative estimate of drug-likeness (QED) is 0.742. The summed E-state index contributed by atoms with van der Waals surface area (Å²) in [6, 6.07) is 1.08. The van der Waals surface area contributed by atoms with E-state index < -0.39 is 0 Å². The minimum atomic E-state index is 0.541. The van der Waals surface area contributed by atoms with Crippen LogP contribution < -0.4 is 0 Å². The number of hydrogen-bond donors (Lipinski definition) is 0. The van der Waals surface area contributed by atoms with Gasteiger partial charge in [-0.2, -0.15) is 0 Å². The summed E-state index contributed by atoms with van der Waals surface area (Å²) in [4.78, 5) is 9.37. The first-order chi connectivity index (χ1) is 6.83. The van der Waals surface area contributed by atoms with E-state index in [0.717, 1.165) is 24.3 Å². The number of rotatable bonds is 3. The zero-order chi connectivity index (χ0) is 9.97. The van der Waals surface area contributed by atoms with Crippen molar-refractivity contribution < 1.29 is 0 Å². The molecule has 0 radical (unpaired) electrons. The second-order valence-electron chi connectivity index (χ2n) is 3.61. The van der Waals surface area contributed by atoms with Gasteiger partial charge in [-0.05, 0) is 12.8 Å². The molecule has 0 amide bonds. The van der Waals surface area contributed by atoms with Crippen LogP contribution in [0.25, 0.3) is 0 Å². The van der Waals surface area contributed by atoms with Crippen molar-refractivity contribution in [2.24, 2.45) is 9.98 Å². The van der Waals surface area contributed by atoms with E-state index in [0.29, 0.717) is 12.1 Å². The Kier molecular flexibility index (Phi) is 3.55. The molecule has 0 aromatic rings. The third-order valence-corrected chi connectivity index (χ3v) is 4.93. The smallest absolute Gasteiger partial charge is 0.123 e. The van der Waals surface area contributed by atoms with Crippen molar-refractivity contribution in [1.82, 2.24) is 0 Å². The molecule has 0 saturated heterocycles. The van der Waals surface area contributed by atoms with Gasteiger partial charge < -0.3 is 0 Å². The molecule has 2 unspecified atom stereocenters. The molecular formula is C10H16N2S2. The molecule has 2 heterocycles. The lowest BCUT2D eigenvalue weighted by Crippen LogP contribution is -2.02. The fraction of sp³-hybridized carbons (Fsp3) is 0.800. The molecule has 0 saturated carbocycles. The van der Waals surface area contributed by atoms with Crippen LogP contribution >= 0.6 is 23.5 Å². The van der Waals surface area contributed by atoms with Crippen molar-refractivity contribution in [1.29, 1.82) is 0 Å². The first-order valence-electron chi connectivity index (χ1n) is 5.25. The van der Waals surface area contributed by atoms with Crippen LogP contribution in [-0.2, 0) is 0 Å². The van der Waals surface area contributed by atoms with Crippen molar-refractivity contribution in [2.75, 3.05) is 11.5 Å². The second-order valence-corrected chi connectivity index (χ2v) is 5.63. The van der Waals surface area contributed by atoms with Crippen LogP contribution in [0, 0.1) is 0 Å². The third kappa shape index (κ3) is 2.16. The summed E-state index contributed by atoms with van der Waals surface area (Å²) < 4.78 is 0. The van der Waals surface area contributed by atoms with Crippen LogP contribution in [0.15, 0.2) is 9.98 Å². The fourth-order valence-electron chi connectivity index (χ4n) is 1.48. The molecule has 0 aromatic carbocycles. The molecule has 2 aliphatic rings. The van der Waals surface area contributed by atoms with E-state index in [1.807, 2.05) is 23.5 Å². The van der Waals surface area contributed by atoms with Crippen LogP contribution in [0.4, 0.5) is 0 Å². The largest absolute Gasteiger partial charge is 0.271 e. The van der Waals surface area contributed by atoms with E-state index in [4.69, 9.17) is 0 Å². The van der Waals surface area contributed by atoms with Crippen LogP contribution in [-0.4, -0.2) is 33.7 Å². The summed E-state index contributed by atoms with van der Waals surface area (Å²) >= 11 is 3.77. The number of aliphatic imine (C=N–C) groups is 2. The molecule has 2 atom stereocenters. The van der Waals surface area contributed by atoms with E-state index in [9.17, 15) is 0 Å². The van der Waals surface area contributed by atoms with Crippen molar-refractivity contribution in [3.05, 3.63) is 0 Å². The van der Waals surface area contributed by atoms with Crippen LogP contribution in [0.1, 0.15) is 26.7 Å². The molecule has 4 heteroatoms. The molecule has 0 aliphatic carbocycles. The zero-order valence-electron chi connectivity index (χ0n) is 8.69. The summed E-state index contributed by atoms with van der Waals surface area (Å²) in [6.07, 6.45) is 2.32. The molecular weight excluding hydrogens is 212 g/mol. The van der Waals surface area contributed by atoms with E-state index in [2.05, 4.69) is 23.8 Å². The Hall–Kier alpha value is 0.0400. The summed E-state index contributed by atoms with van der Waals surface area (Å²) in [7, 11) is 0. The van der Waals surface area contributed by atoms with Gasteiger partial charge in [0.15, 0.2) is 0 Å². The monoisotopic (exact) mass is 228 g/mol. The van der Waals surface area contributed by atoms with Gasteiger partial charge in [-0.1, -0.05) is 13.8 Å². The molecule has 2 rings (SSSR count). The highest BCUT2D eigenvalue weighted by molar-refractivity contribution is 8.25. The van der Waals surface area contributed by atoms with Gasteiger partial charge in [0.25, 0.3) is 0 Å². The Morgan fingerprint density at radius 1 is 1.00 bits per heavy atom. The number of nitrogens with zero attached hydrogens (tertiary/aromatic N) is 2. The Balaban J connectivity index is 2.03. The van der Waals surface area contributed by atoms with Crippen molar-refractivity contribution in [3.8, 4) is 0 Å². The van der Waals surface area contributed by atoms with E-state index in [-0.39, 0.29) is 0 Å². The summed E-state index contributed by atoms with van der Waals surface area (Å²) in [5.74, 6) is 2.31. The molecule has 0 aromatic heterocycles. The van der Waals surface area contributed by atoms with E-state index in [1.54, 1.807) is 0 Å². The van der Waals surface area contributed by atoms with Gasteiger partial charge in [-0.3, -0.25) is 9.98 Å². The van der Waals surface area contributed by atoms with Gasteiger partial charge in [-0.25, -0.2) is 0 Å². The van der Waals surface area contributed by atoms with Crippen molar-refractivity contribution >= 4 is 33.6 Å². The molecule has 14 heavy (non-hydrogen) atoms. The van der Waals surface area contributed by atoms with Crippen LogP contribution in [0.3, 0.4) is 0 Å². The molecule has 2 nitrogen and oxygen atoms in total. The van der Waals surface area contributed by atoms with Crippen molar-refractivity contribution in [2.45, 2.75) is 38.8 Å². The summed E-state index contributed by atoms with van der Waals surface area (Å²) in [5.41, 5.74) is 0. The Labute approximate surface area is 94.0 Å². The highest BCUT2D eigenvalue weighted by atomic mass is 32.2. The second kappa shape index (κ2) is 4.71. The van der Waals surface area contributed by atoms with Gasteiger partial charge in [0.05, 0.1) is 12.1 Å². The summed E-state index contributed by atoms with van der Waals surface area (Å²) in [5, 5.41) is 2.41. The highest BCUT2D eigenvalue weighted by Gasteiger charge is 2.25. The summed E-state index contributed by atoms with van der Waals surface area (Å²) in [6.45, 7) is 4.41. The topological polar surface area (TPSA) is 24.7 Å². The standard InChI is InChI=1S/C10H16N2S2/c1-3-7-5-13-9(11-7)10-12-8(4-2)6-14-10/h7-8H,3-6H2,1-2H3. The predicted octanol–water partition coefficient (Wildman–Crippen LogP) is 2.83. The molecule has 0 N–H and O–H groups in total. The molecule has 2 aliphatic heterocycles. The third-order valence-electron chi connectivity index (χ3n) is 2.55. The van der Waals surface area contributed by atoms with E-state index in [1.165, 1.54) is 10.1 Å². The average molecular weight is 228 g/mol. The van der Waals surface area contributed by atoms with Crippen molar-refractivity contribution in [3.63, 3.8) is 0 Å². The molecule has 0 bridgehead atoms. The van der Waals surface area contributed by atoms with Gasteiger partial charge in [-0.15, -0.1) is 23.5 Å². The lowest BCUT2D eigenvalue weighted by molar-refractivity contribution is 0.735. The maximum Gasteiger partial charge on any atom is 0.123 e. The SMILES string of the molecule is CCC1CSC(C2=NC(CC)CS2)=N1. The predicted molar refractivity (Wildman–Crippen MR) is 67.9 cm³/mol. The van der Waals surface area contributed by atoms with Gasteiger partial charge in [0, 0.05) is 11.5 Å². The number of hydrogen-bond acceptors (Lipinski definition) is 4. The van der Waals surface area contributed by atoms with Crippen LogP contribution in [0.5, 0.6) is 0 Å². The Bertz CT molecular complexity index is 245. The first kappa shape index (κ1) is 10.6. The average Bonchev–Trinajstić information content (AvgIpc) is 2.86. The normalized spacial score (nSPS) is 31.9. The maximum absolute atomic E-state index is 4.69. The number of thioether (sulfide) groups is 2. The van der Waals surface area contributed by atoms with Crippen LogP contribution in [0.2, 0.25) is 0 Å². The van der Waals surface area contributed by atoms with Gasteiger partial charge in [0.2, 0.25) is 0 Å².